The van der Waals surface area contributed by atoms with Gasteiger partial charge in [0.2, 0.25) is 0 Å². The Bertz CT molecular complexity index is 435. The average Bonchev–Trinajstić information content (AvgIpc) is 2.23. The maximum absolute atomic E-state index is 13.3. The molecule has 0 fully saturated rings. The minimum absolute atomic E-state index is 0.990. The summed E-state index contributed by atoms with van der Waals surface area (Å²) in [5, 5.41) is 15.3. The lowest BCUT2D eigenvalue weighted by Crippen LogP contribution is -2.16. The largest absolute Gasteiger partial charge is 0.479 e. The molecular formula is C8H3Cl2F3O3. The topological polar surface area (TPSA) is 57.5 Å². The fraction of sp³-hybridized carbons (Fsp3) is 0.125. The number of halogens is 5. The highest BCUT2D eigenvalue weighted by Gasteiger charge is 2.30. The number of aliphatic hydroxyl groups excluding tert-OH is 1. The number of carbonyl (C=O) groups is 1. The second-order valence-corrected chi connectivity index (χ2v) is 3.48. The van der Waals surface area contributed by atoms with E-state index >= 15 is 0 Å². The van der Waals surface area contributed by atoms with Crippen molar-refractivity contribution >= 4 is 29.2 Å². The first-order valence-corrected chi connectivity index (χ1v) is 4.46. The molecule has 88 valence electrons. The number of hydrogen-bond donors (Lipinski definition) is 2. The number of aliphatic carboxylic acids is 1. The van der Waals surface area contributed by atoms with Crippen LogP contribution in [-0.2, 0) is 4.79 Å². The van der Waals surface area contributed by atoms with Crippen molar-refractivity contribution in [2.75, 3.05) is 0 Å². The van der Waals surface area contributed by atoms with Crippen molar-refractivity contribution in [3.63, 3.8) is 0 Å². The smallest absolute Gasteiger partial charge is 0.337 e. The van der Waals surface area contributed by atoms with Crippen molar-refractivity contribution in [2.24, 2.45) is 0 Å². The summed E-state index contributed by atoms with van der Waals surface area (Å²) in [7, 11) is 0. The number of rotatable bonds is 2. The summed E-state index contributed by atoms with van der Waals surface area (Å²) in [5.41, 5.74) is -1.39. The number of hydrogen-bond acceptors (Lipinski definition) is 2. The Morgan fingerprint density at radius 1 is 1.06 bits per heavy atom. The van der Waals surface area contributed by atoms with Gasteiger partial charge in [-0.15, -0.1) is 0 Å². The second kappa shape index (κ2) is 4.48. The van der Waals surface area contributed by atoms with Crippen LogP contribution in [0, 0.1) is 17.5 Å². The number of carboxylic acid groups (broad SMARTS) is 1. The highest BCUT2D eigenvalue weighted by atomic mass is 35.5. The van der Waals surface area contributed by atoms with E-state index in [4.69, 9.17) is 33.4 Å². The third-order valence-corrected chi connectivity index (χ3v) is 2.56. The van der Waals surface area contributed by atoms with Crippen molar-refractivity contribution in [1.82, 2.24) is 0 Å². The van der Waals surface area contributed by atoms with E-state index in [1.54, 1.807) is 0 Å². The van der Waals surface area contributed by atoms with E-state index in [0.717, 1.165) is 0 Å². The van der Waals surface area contributed by atoms with E-state index < -0.39 is 45.1 Å². The summed E-state index contributed by atoms with van der Waals surface area (Å²) in [4.78, 5) is 10.3. The Morgan fingerprint density at radius 2 is 1.50 bits per heavy atom. The van der Waals surface area contributed by atoms with E-state index in [2.05, 4.69) is 0 Å². The summed E-state index contributed by atoms with van der Waals surface area (Å²) in [6, 6.07) is 0. The highest BCUT2D eigenvalue weighted by Crippen LogP contribution is 2.35. The standard InChI is InChI=1S/C8H3Cl2F3O3/c9-2-3(10)6(13)5(12)1(4(2)11)7(14)8(15)16/h7,14H,(H,15,16). The number of benzene rings is 1. The first-order chi connectivity index (χ1) is 7.29. The first-order valence-electron chi connectivity index (χ1n) is 3.71. The third kappa shape index (κ3) is 1.95. The molecule has 16 heavy (non-hydrogen) atoms. The highest BCUT2D eigenvalue weighted by molar-refractivity contribution is 6.42. The molecule has 8 heteroatoms. The molecule has 1 rings (SSSR count). The molecule has 0 aromatic heterocycles. The van der Waals surface area contributed by atoms with E-state index in [9.17, 15) is 18.0 Å². The molecule has 0 bridgehead atoms. The minimum atomic E-state index is -2.57. The molecule has 1 aromatic carbocycles. The summed E-state index contributed by atoms with van der Waals surface area (Å²) < 4.78 is 39.4. The van der Waals surface area contributed by atoms with Crippen molar-refractivity contribution in [1.29, 1.82) is 0 Å². The van der Waals surface area contributed by atoms with Gasteiger partial charge >= 0.3 is 5.97 Å². The van der Waals surface area contributed by atoms with E-state index in [0.29, 0.717) is 0 Å². The Balaban J connectivity index is 3.57. The van der Waals surface area contributed by atoms with Crippen LogP contribution in [-0.4, -0.2) is 16.2 Å². The Kier molecular flexibility index (Phi) is 3.67. The van der Waals surface area contributed by atoms with Gasteiger partial charge in [0, 0.05) is 0 Å². The first kappa shape index (κ1) is 13.1. The molecule has 0 saturated heterocycles. The molecule has 2 N–H and O–H groups in total. The van der Waals surface area contributed by atoms with Crippen molar-refractivity contribution in [3.05, 3.63) is 33.1 Å². The maximum atomic E-state index is 13.3. The van der Waals surface area contributed by atoms with Gasteiger partial charge in [-0.3, -0.25) is 0 Å². The van der Waals surface area contributed by atoms with Gasteiger partial charge in [0.25, 0.3) is 0 Å². The molecule has 0 saturated carbocycles. The van der Waals surface area contributed by atoms with Gasteiger partial charge in [-0.05, 0) is 0 Å². The predicted molar refractivity (Wildman–Crippen MR) is 48.9 cm³/mol. The Hall–Kier alpha value is -0.980. The van der Waals surface area contributed by atoms with Crippen molar-refractivity contribution in [2.45, 2.75) is 6.10 Å². The van der Waals surface area contributed by atoms with Crippen LogP contribution in [0.2, 0.25) is 10.0 Å². The molecule has 3 nitrogen and oxygen atoms in total. The van der Waals surface area contributed by atoms with Crippen LogP contribution in [0.5, 0.6) is 0 Å². The fourth-order valence-corrected chi connectivity index (χ4v) is 1.34. The zero-order valence-electron chi connectivity index (χ0n) is 7.27. The Labute approximate surface area is 97.0 Å². The lowest BCUT2D eigenvalue weighted by Gasteiger charge is -2.11. The second-order valence-electron chi connectivity index (χ2n) is 2.72. The average molecular weight is 275 g/mol. The van der Waals surface area contributed by atoms with Gasteiger partial charge < -0.3 is 10.2 Å². The summed E-state index contributed by atoms with van der Waals surface area (Å²) >= 11 is 10.3. The van der Waals surface area contributed by atoms with Crippen molar-refractivity contribution < 1.29 is 28.2 Å². The molecule has 0 spiro atoms. The van der Waals surface area contributed by atoms with E-state index in [-0.39, 0.29) is 0 Å². The summed E-state index contributed by atoms with van der Waals surface area (Å²) in [6.07, 6.45) is -2.57. The van der Waals surface area contributed by atoms with Crippen LogP contribution < -0.4 is 0 Å². The lowest BCUT2D eigenvalue weighted by molar-refractivity contribution is -0.147. The van der Waals surface area contributed by atoms with Crippen LogP contribution in [0.25, 0.3) is 0 Å². The molecule has 1 aromatic rings. The van der Waals surface area contributed by atoms with Crippen LogP contribution >= 0.6 is 23.2 Å². The molecule has 0 aliphatic carbocycles. The van der Waals surface area contributed by atoms with Gasteiger partial charge in [-0.25, -0.2) is 18.0 Å². The number of carboxylic acids is 1. The molecular weight excluding hydrogens is 272 g/mol. The fourth-order valence-electron chi connectivity index (χ4n) is 0.985. The summed E-state index contributed by atoms with van der Waals surface area (Å²) in [5.74, 6) is -7.17. The zero-order valence-corrected chi connectivity index (χ0v) is 8.78. The van der Waals surface area contributed by atoms with Crippen LogP contribution in [0.15, 0.2) is 0 Å². The minimum Gasteiger partial charge on any atom is -0.479 e. The van der Waals surface area contributed by atoms with E-state index in [1.165, 1.54) is 0 Å². The molecule has 0 heterocycles. The van der Waals surface area contributed by atoms with E-state index in [1.807, 2.05) is 0 Å². The van der Waals surface area contributed by atoms with Gasteiger partial charge in [-0.1, -0.05) is 23.2 Å². The molecule has 0 aliphatic heterocycles. The maximum Gasteiger partial charge on any atom is 0.337 e. The third-order valence-electron chi connectivity index (χ3n) is 1.75. The monoisotopic (exact) mass is 274 g/mol. The Morgan fingerprint density at radius 3 is 1.94 bits per heavy atom. The van der Waals surface area contributed by atoms with Gasteiger partial charge in [-0.2, -0.15) is 0 Å². The SMILES string of the molecule is O=C(O)C(O)c1c(F)c(F)c(Cl)c(Cl)c1F. The summed E-state index contributed by atoms with van der Waals surface area (Å²) in [6.45, 7) is 0. The molecule has 1 unspecified atom stereocenters. The lowest BCUT2D eigenvalue weighted by atomic mass is 10.1. The zero-order chi connectivity index (χ0) is 12.6. The molecule has 0 radical (unpaired) electrons. The normalized spacial score (nSPS) is 12.6. The quantitative estimate of drug-likeness (QED) is 0.644. The van der Waals surface area contributed by atoms with Crippen LogP contribution in [0.3, 0.4) is 0 Å². The molecule has 0 aliphatic rings. The van der Waals surface area contributed by atoms with Crippen LogP contribution in [0.4, 0.5) is 13.2 Å². The molecule has 0 amide bonds. The van der Waals surface area contributed by atoms with Gasteiger partial charge in [0.05, 0.1) is 10.6 Å². The van der Waals surface area contributed by atoms with Crippen LogP contribution in [0.1, 0.15) is 11.7 Å². The van der Waals surface area contributed by atoms with Gasteiger partial charge in [0.15, 0.2) is 23.6 Å². The van der Waals surface area contributed by atoms with Gasteiger partial charge in [0.1, 0.15) is 5.02 Å². The molecule has 1 atom stereocenters. The van der Waals surface area contributed by atoms with Crippen molar-refractivity contribution in [3.8, 4) is 0 Å². The number of aliphatic hydroxyl groups is 1. The predicted octanol–water partition coefficient (Wildman–Crippen LogP) is 2.53.